The SMILES string of the molecule is O=C(CN1C(=O)C(=Cc2ccc(F)cc2)Oc2ccccc21)N1CCN(c2ccccc2)CC1. The first kappa shape index (κ1) is 21.7. The fourth-order valence-corrected chi connectivity index (χ4v) is 4.22. The third-order valence-corrected chi connectivity index (χ3v) is 6.05. The second-order valence-corrected chi connectivity index (χ2v) is 8.22. The van der Waals surface area contributed by atoms with Crippen LogP contribution in [0.3, 0.4) is 0 Å². The molecule has 1 fully saturated rings. The van der Waals surface area contributed by atoms with Crippen LogP contribution in [0.4, 0.5) is 15.8 Å². The average Bonchev–Trinajstić information content (AvgIpc) is 2.88. The van der Waals surface area contributed by atoms with Gasteiger partial charge < -0.3 is 14.5 Å². The minimum absolute atomic E-state index is 0.0781. The number of carbonyl (C=O) groups excluding carboxylic acids is 2. The number of hydrogen-bond donors (Lipinski definition) is 0. The van der Waals surface area contributed by atoms with Crippen LogP contribution in [0.5, 0.6) is 5.75 Å². The molecular weight excluding hydrogens is 433 g/mol. The van der Waals surface area contributed by atoms with E-state index in [4.69, 9.17) is 4.74 Å². The number of nitrogens with zero attached hydrogens (tertiary/aromatic N) is 3. The van der Waals surface area contributed by atoms with E-state index in [1.165, 1.54) is 17.0 Å². The van der Waals surface area contributed by atoms with Gasteiger partial charge in [0.05, 0.1) is 5.69 Å². The number of anilines is 2. The molecule has 5 rings (SSSR count). The number of amides is 2. The second-order valence-electron chi connectivity index (χ2n) is 8.22. The maximum Gasteiger partial charge on any atom is 0.294 e. The topological polar surface area (TPSA) is 53.1 Å². The van der Waals surface area contributed by atoms with Crippen LogP contribution in [0.25, 0.3) is 6.08 Å². The summed E-state index contributed by atoms with van der Waals surface area (Å²) in [6.07, 6.45) is 1.56. The fourth-order valence-electron chi connectivity index (χ4n) is 4.22. The van der Waals surface area contributed by atoms with E-state index in [9.17, 15) is 14.0 Å². The van der Waals surface area contributed by atoms with Gasteiger partial charge in [0.15, 0.2) is 11.5 Å². The van der Waals surface area contributed by atoms with Gasteiger partial charge in [0, 0.05) is 31.9 Å². The highest BCUT2D eigenvalue weighted by molar-refractivity contribution is 6.12. The molecule has 2 heterocycles. The summed E-state index contributed by atoms with van der Waals surface area (Å²) in [4.78, 5) is 32.0. The molecule has 0 bridgehead atoms. The van der Waals surface area contributed by atoms with Crippen LogP contribution < -0.4 is 14.5 Å². The number of carbonyl (C=O) groups is 2. The summed E-state index contributed by atoms with van der Waals surface area (Å²) in [5.74, 6) is -0.287. The van der Waals surface area contributed by atoms with E-state index in [-0.39, 0.29) is 24.0 Å². The lowest BCUT2D eigenvalue weighted by Crippen LogP contribution is -2.52. The Labute approximate surface area is 197 Å². The van der Waals surface area contributed by atoms with E-state index in [2.05, 4.69) is 17.0 Å². The molecule has 3 aromatic carbocycles. The predicted molar refractivity (Wildman–Crippen MR) is 129 cm³/mol. The van der Waals surface area contributed by atoms with Crippen LogP contribution in [-0.2, 0) is 9.59 Å². The van der Waals surface area contributed by atoms with Gasteiger partial charge in [-0.1, -0.05) is 42.5 Å². The molecule has 3 aromatic rings. The Kier molecular flexibility index (Phi) is 5.99. The van der Waals surface area contributed by atoms with Gasteiger partial charge in [0.25, 0.3) is 5.91 Å². The maximum atomic E-state index is 13.3. The zero-order valence-corrected chi connectivity index (χ0v) is 18.6. The highest BCUT2D eigenvalue weighted by Gasteiger charge is 2.33. The lowest BCUT2D eigenvalue weighted by Gasteiger charge is -2.37. The van der Waals surface area contributed by atoms with Crippen molar-refractivity contribution in [2.45, 2.75) is 0 Å². The number of rotatable bonds is 4. The van der Waals surface area contributed by atoms with Crippen molar-refractivity contribution in [3.8, 4) is 5.75 Å². The highest BCUT2D eigenvalue weighted by atomic mass is 19.1. The molecule has 0 saturated carbocycles. The molecular formula is C27H24FN3O3. The molecule has 0 N–H and O–H groups in total. The van der Waals surface area contributed by atoms with Crippen molar-refractivity contribution in [1.82, 2.24) is 4.90 Å². The Balaban J connectivity index is 1.32. The Morgan fingerprint density at radius 2 is 1.56 bits per heavy atom. The molecule has 2 aliphatic heterocycles. The zero-order chi connectivity index (χ0) is 23.5. The summed E-state index contributed by atoms with van der Waals surface area (Å²) in [7, 11) is 0. The van der Waals surface area contributed by atoms with Crippen molar-refractivity contribution in [3.05, 3.63) is 96.0 Å². The Morgan fingerprint density at radius 1 is 0.882 bits per heavy atom. The van der Waals surface area contributed by atoms with Crippen LogP contribution >= 0.6 is 0 Å². The van der Waals surface area contributed by atoms with Crippen LogP contribution in [-0.4, -0.2) is 49.4 Å². The molecule has 0 radical (unpaired) electrons. The molecule has 172 valence electrons. The number of para-hydroxylation sites is 3. The van der Waals surface area contributed by atoms with Gasteiger partial charge in [-0.3, -0.25) is 14.5 Å². The first-order chi connectivity index (χ1) is 16.6. The Bertz CT molecular complexity index is 1220. The summed E-state index contributed by atoms with van der Waals surface area (Å²) >= 11 is 0. The minimum Gasteiger partial charge on any atom is -0.449 e. The smallest absolute Gasteiger partial charge is 0.294 e. The first-order valence-electron chi connectivity index (χ1n) is 11.2. The monoisotopic (exact) mass is 457 g/mol. The molecule has 0 aliphatic carbocycles. The third kappa shape index (κ3) is 4.50. The normalized spacial score (nSPS) is 16.9. The molecule has 0 unspecified atom stereocenters. The van der Waals surface area contributed by atoms with Gasteiger partial charge in [0.1, 0.15) is 12.4 Å². The minimum atomic E-state index is -0.403. The van der Waals surface area contributed by atoms with Crippen LogP contribution in [0, 0.1) is 5.82 Å². The van der Waals surface area contributed by atoms with E-state index in [1.807, 2.05) is 24.3 Å². The molecule has 34 heavy (non-hydrogen) atoms. The van der Waals surface area contributed by atoms with Gasteiger partial charge in [-0.25, -0.2) is 4.39 Å². The van der Waals surface area contributed by atoms with E-state index in [1.54, 1.807) is 41.3 Å². The number of fused-ring (bicyclic) bond motifs is 1. The van der Waals surface area contributed by atoms with Crippen molar-refractivity contribution in [3.63, 3.8) is 0 Å². The van der Waals surface area contributed by atoms with E-state index in [0.29, 0.717) is 30.1 Å². The Morgan fingerprint density at radius 3 is 2.29 bits per heavy atom. The number of hydrogen-bond acceptors (Lipinski definition) is 4. The highest BCUT2D eigenvalue weighted by Crippen LogP contribution is 2.35. The number of piperazine rings is 1. The lowest BCUT2D eigenvalue weighted by molar-refractivity contribution is -0.131. The van der Waals surface area contributed by atoms with E-state index >= 15 is 0 Å². The van der Waals surface area contributed by atoms with Crippen LogP contribution in [0.1, 0.15) is 5.56 Å². The molecule has 2 amide bonds. The van der Waals surface area contributed by atoms with Gasteiger partial charge >= 0.3 is 0 Å². The number of ether oxygens (including phenoxy) is 1. The van der Waals surface area contributed by atoms with Crippen molar-refractivity contribution >= 4 is 29.3 Å². The van der Waals surface area contributed by atoms with Gasteiger partial charge in [0.2, 0.25) is 5.91 Å². The third-order valence-electron chi connectivity index (χ3n) is 6.05. The predicted octanol–water partition coefficient (Wildman–Crippen LogP) is 3.94. The molecule has 7 heteroatoms. The van der Waals surface area contributed by atoms with Crippen molar-refractivity contribution in [2.24, 2.45) is 0 Å². The summed E-state index contributed by atoms with van der Waals surface area (Å²) in [5.41, 5.74) is 2.33. The lowest BCUT2D eigenvalue weighted by atomic mass is 10.1. The van der Waals surface area contributed by atoms with Gasteiger partial charge in [-0.05, 0) is 48.0 Å². The molecule has 0 atom stereocenters. The number of benzene rings is 3. The van der Waals surface area contributed by atoms with Crippen molar-refractivity contribution < 1.29 is 18.7 Å². The summed E-state index contributed by atoms with van der Waals surface area (Å²) in [5, 5.41) is 0. The molecule has 1 saturated heterocycles. The molecule has 2 aliphatic rings. The number of halogens is 1. The summed E-state index contributed by atoms with van der Waals surface area (Å²) in [6, 6.07) is 23.1. The standard InChI is InChI=1S/C27H24FN3O3/c28-21-12-10-20(11-13-21)18-25-27(33)31(23-8-4-5-9-24(23)34-25)19-26(32)30-16-14-29(15-17-30)22-6-2-1-3-7-22/h1-13,18H,14-17,19H2. The van der Waals surface area contributed by atoms with E-state index in [0.717, 1.165) is 18.8 Å². The van der Waals surface area contributed by atoms with Gasteiger partial charge in [-0.2, -0.15) is 0 Å². The summed E-state index contributed by atoms with van der Waals surface area (Å²) in [6.45, 7) is 2.57. The maximum absolute atomic E-state index is 13.3. The zero-order valence-electron chi connectivity index (χ0n) is 18.6. The second kappa shape index (κ2) is 9.39. The van der Waals surface area contributed by atoms with Gasteiger partial charge in [-0.15, -0.1) is 0 Å². The first-order valence-corrected chi connectivity index (χ1v) is 11.2. The Hall–Kier alpha value is -4.13. The summed E-state index contributed by atoms with van der Waals surface area (Å²) < 4.78 is 19.1. The molecule has 0 spiro atoms. The van der Waals surface area contributed by atoms with Crippen LogP contribution in [0.2, 0.25) is 0 Å². The fraction of sp³-hybridized carbons (Fsp3) is 0.185. The van der Waals surface area contributed by atoms with E-state index < -0.39 is 5.91 Å². The van der Waals surface area contributed by atoms with Crippen LogP contribution in [0.15, 0.2) is 84.6 Å². The molecule has 0 aromatic heterocycles. The average molecular weight is 458 g/mol. The molecule has 6 nitrogen and oxygen atoms in total. The largest absolute Gasteiger partial charge is 0.449 e. The quantitative estimate of drug-likeness (QED) is 0.557. The van der Waals surface area contributed by atoms with Crippen molar-refractivity contribution in [1.29, 1.82) is 0 Å². The van der Waals surface area contributed by atoms with Crippen molar-refractivity contribution in [2.75, 3.05) is 42.5 Å².